The molecule has 0 aromatic heterocycles. The molecule has 1 aromatic rings. The third kappa shape index (κ3) is 5.05. The van der Waals surface area contributed by atoms with E-state index in [1.807, 2.05) is 0 Å². The first kappa shape index (κ1) is 17.5. The number of aliphatic hydroxyl groups is 1. The Morgan fingerprint density at radius 1 is 1.43 bits per heavy atom. The van der Waals surface area contributed by atoms with Gasteiger partial charge in [-0.3, -0.25) is 10.1 Å². The summed E-state index contributed by atoms with van der Waals surface area (Å²) in [5.41, 5.74) is -0.137. The Morgan fingerprint density at radius 2 is 2.05 bits per heavy atom. The number of aliphatic hydroxyl groups excluding tert-OH is 1. The molecule has 0 heterocycles. The van der Waals surface area contributed by atoms with Gasteiger partial charge in [-0.25, -0.2) is 12.7 Å². The molecule has 1 aromatic carbocycles. The maximum atomic E-state index is 12.2. The van der Waals surface area contributed by atoms with Crippen LogP contribution in [0.3, 0.4) is 0 Å². The standard InChI is InChI=1S/C12H18N2O6S/c1-13(7-11(15)8-20-2)21(18,19)9-10-5-3-4-6-12(10)14(16)17/h3-6,11,15H,7-9H2,1-2H3. The first-order valence-corrected chi connectivity index (χ1v) is 7.72. The molecule has 0 saturated carbocycles. The number of rotatable bonds is 8. The van der Waals surface area contributed by atoms with Gasteiger partial charge >= 0.3 is 0 Å². The number of nitrogens with zero attached hydrogens (tertiary/aromatic N) is 2. The first-order valence-electron chi connectivity index (χ1n) is 6.11. The summed E-state index contributed by atoms with van der Waals surface area (Å²) in [6.07, 6.45) is -0.958. The minimum absolute atomic E-state index is 0.00530. The van der Waals surface area contributed by atoms with Crippen molar-refractivity contribution in [3.8, 4) is 0 Å². The molecular weight excluding hydrogens is 300 g/mol. The van der Waals surface area contributed by atoms with Crippen LogP contribution in [0.2, 0.25) is 0 Å². The number of methoxy groups -OCH3 is 1. The van der Waals surface area contributed by atoms with E-state index in [4.69, 9.17) is 4.74 Å². The van der Waals surface area contributed by atoms with E-state index in [9.17, 15) is 23.6 Å². The summed E-state index contributed by atoms with van der Waals surface area (Å²) in [4.78, 5) is 10.3. The average Bonchev–Trinajstić information content (AvgIpc) is 2.38. The van der Waals surface area contributed by atoms with E-state index < -0.39 is 26.8 Å². The number of ether oxygens (including phenoxy) is 1. The normalized spacial score (nSPS) is 13.3. The predicted octanol–water partition coefficient (Wildman–Crippen LogP) is 0.364. The van der Waals surface area contributed by atoms with Crippen LogP contribution >= 0.6 is 0 Å². The predicted molar refractivity (Wildman–Crippen MR) is 76.2 cm³/mol. The molecule has 0 amide bonds. The summed E-state index contributed by atoms with van der Waals surface area (Å²) in [5, 5.41) is 20.4. The van der Waals surface area contributed by atoms with Crippen LogP contribution in [-0.4, -0.2) is 56.2 Å². The van der Waals surface area contributed by atoms with E-state index in [1.165, 1.54) is 38.4 Å². The Hall–Kier alpha value is -1.55. The van der Waals surface area contributed by atoms with Crippen molar-refractivity contribution in [1.29, 1.82) is 0 Å². The van der Waals surface area contributed by atoms with Crippen molar-refractivity contribution < 1.29 is 23.2 Å². The molecule has 118 valence electrons. The molecule has 0 aliphatic heterocycles. The van der Waals surface area contributed by atoms with Crippen LogP contribution in [0, 0.1) is 10.1 Å². The van der Waals surface area contributed by atoms with Gasteiger partial charge in [-0.15, -0.1) is 0 Å². The number of likely N-dealkylation sites (N-methyl/N-ethyl adjacent to an activating group) is 1. The van der Waals surface area contributed by atoms with Gasteiger partial charge in [0.2, 0.25) is 10.0 Å². The van der Waals surface area contributed by atoms with Gasteiger partial charge in [-0.05, 0) is 0 Å². The lowest BCUT2D eigenvalue weighted by atomic mass is 10.2. The minimum Gasteiger partial charge on any atom is -0.389 e. The third-order valence-corrected chi connectivity index (χ3v) is 4.60. The maximum absolute atomic E-state index is 12.2. The van der Waals surface area contributed by atoms with Crippen molar-refractivity contribution in [2.75, 3.05) is 27.3 Å². The molecule has 1 rings (SSSR count). The summed E-state index contributed by atoms with van der Waals surface area (Å²) in [5.74, 6) is -0.500. The van der Waals surface area contributed by atoms with Gasteiger partial charge in [0.1, 0.15) is 0 Å². The van der Waals surface area contributed by atoms with Gasteiger partial charge in [0.15, 0.2) is 0 Å². The number of nitro groups is 1. The van der Waals surface area contributed by atoms with E-state index in [2.05, 4.69) is 0 Å². The lowest BCUT2D eigenvalue weighted by Crippen LogP contribution is -2.36. The molecule has 0 aliphatic rings. The SMILES string of the molecule is COCC(O)CN(C)S(=O)(=O)Cc1ccccc1[N+](=O)[O-]. The minimum atomic E-state index is -3.77. The second kappa shape index (κ2) is 7.46. The maximum Gasteiger partial charge on any atom is 0.273 e. The summed E-state index contributed by atoms with van der Waals surface area (Å²) in [7, 11) is -1.07. The largest absolute Gasteiger partial charge is 0.389 e. The second-order valence-corrected chi connectivity index (χ2v) is 6.61. The van der Waals surface area contributed by atoms with Crippen molar-refractivity contribution >= 4 is 15.7 Å². The highest BCUT2D eigenvalue weighted by molar-refractivity contribution is 7.88. The highest BCUT2D eigenvalue weighted by Crippen LogP contribution is 2.21. The monoisotopic (exact) mass is 318 g/mol. The molecular formula is C12H18N2O6S. The zero-order chi connectivity index (χ0) is 16.0. The lowest BCUT2D eigenvalue weighted by Gasteiger charge is -2.20. The van der Waals surface area contributed by atoms with Gasteiger partial charge in [0, 0.05) is 32.3 Å². The Bertz CT molecular complexity index is 589. The molecule has 0 saturated heterocycles. The topological polar surface area (TPSA) is 110 Å². The van der Waals surface area contributed by atoms with Crippen molar-refractivity contribution in [1.82, 2.24) is 4.31 Å². The van der Waals surface area contributed by atoms with Crippen LogP contribution in [0.15, 0.2) is 24.3 Å². The summed E-state index contributed by atoms with van der Waals surface area (Å²) >= 11 is 0. The van der Waals surface area contributed by atoms with E-state index >= 15 is 0 Å². The zero-order valence-electron chi connectivity index (χ0n) is 11.8. The number of nitro benzene ring substituents is 1. The number of benzene rings is 1. The van der Waals surface area contributed by atoms with Gasteiger partial charge in [0.05, 0.1) is 23.4 Å². The molecule has 1 unspecified atom stereocenters. The smallest absolute Gasteiger partial charge is 0.273 e. The van der Waals surface area contributed by atoms with Crippen molar-refractivity contribution in [2.45, 2.75) is 11.9 Å². The van der Waals surface area contributed by atoms with E-state index in [0.29, 0.717) is 0 Å². The highest BCUT2D eigenvalue weighted by atomic mass is 32.2. The molecule has 1 atom stereocenters. The lowest BCUT2D eigenvalue weighted by molar-refractivity contribution is -0.385. The van der Waals surface area contributed by atoms with Crippen molar-refractivity contribution in [3.05, 3.63) is 39.9 Å². The fraction of sp³-hybridized carbons (Fsp3) is 0.500. The van der Waals surface area contributed by atoms with Gasteiger partial charge in [-0.2, -0.15) is 0 Å². The van der Waals surface area contributed by atoms with Crippen molar-refractivity contribution in [2.24, 2.45) is 0 Å². The Kier molecular flexibility index (Phi) is 6.21. The molecule has 0 aliphatic carbocycles. The molecule has 21 heavy (non-hydrogen) atoms. The number of hydrogen-bond acceptors (Lipinski definition) is 6. The van der Waals surface area contributed by atoms with Crippen LogP contribution in [0.4, 0.5) is 5.69 Å². The molecule has 8 nitrogen and oxygen atoms in total. The van der Waals surface area contributed by atoms with Gasteiger partial charge in [0.25, 0.3) is 5.69 Å². The first-order chi connectivity index (χ1) is 9.77. The third-order valence-electron chi connectivity index (χ3n) is 2.83. The fourth-order valence-corrected chi connectivity index (χ4v) is 3.03. The Labute approximate surface area is 123 Å². The van der Waals surface area contributed by atoms with Crippen molar-refractivity contribution in [3.63, 3.8) is 0 Å². The van der Waals surface area contributed by atoms with Gasteiger partial charge in [-0.1, -0.05) is 18.2 Å². The molecule has 1 N–H and O–H groups in total. The number of hydrogen-bond donors (Lipinski definition) is 1. The summed E-state index contributed by atoms with van der Waals surface area (Å²) < 4.78 is 30.0. The average molecular weight is 318 g/mol. The van der Waals surface area contributed by atoms with Crippen LogP contribution in [0.1, 0.15) is 5.56 Å². The van der Waals surface area contributed by atoms with E-state index in [-0.39, 0.29) is 24.4 Å². The molecule has 0 spiro atoms. The molecule has 0 radical (unpaired) electrons. The molecule has 0 fully saturated rings. The second-order valence-electron chi connectivity index (χ2n) is 4.53. The van der Waals surface area contributed by atoms with Crippen LogP contribution < -0.4 is 0 Å². The Morgan fingerprint density at radius 3 is 2.62 bits per heavy atom. The Balaban J connectivity index is 2.88. The number of para-hydroxylation sites is 1. The van der Waals surface area contributed by atoms with Gasteiger partial charge < -0.3 is 9.84 Å². The fourth-order valence-electron chi connectivity index (χ4n) is 1.77. The quantitative estimate of drug-likeness (QED) is 0.547. The molecule has 0 bridgehead atoms. The zero-order valence-corrected chi connectivity index (χ0v) is 12.6. The van der Waals surface area contributed by atoms with Crippen LogP contribution in [0.5, 0.6) is 0 Å². The van der Waals surface area contributed by atoms with E-state index in [1.54, 1.807) is 0 Å². The van der Waals surface area contributed by atoms with E-state index in [0.717, 1.165) is 4.31 Å². The molecule has 9 heteroatoms. The summed E-state index contributed by atoms with van der Waals surface area (Å²) in [6, 6.07) is 5.66. The highest BCUT2D eigenvalue weighted by Gasteiger charge is 2.25. The van der Waals surface area contributed by atoms with Crippen LogP contribution in [0.25, 0.3) is 0 Å². The van der Waals surface area contributed by atoms with Crippen LogP contribution in [-0.2, 0) is 20.5 Å². The number of sulfonamides is 1. The summed E-state index contributed by atoms with van der Waals surface area (Å²) in [6.45, 7) is -0.137.